The van der Waals surface area contributed by atoms with Crippen molar-refractivity contribution in [2.24, 2.45) is 0 Å². The molecule has 1 N–H and O–H groups in total. The molecule has 0 aromatic heterocycles. The van der Waals surface area contributed by atoms with Crippen LogP contribution < -0.4 is 4.72 Å². The topological polar surface area (TPSA) is 89.5 Å². The fourth-order valence-corrected chi connectivity index (χ4v) is 3.65. The van der Waals surface area contributed by atoms with Gasteiger partial charge in [-0.15, -0.1) is 0 Å². The van der Waals surface area contributed by atoms with Gasteiger partial charge in [-0.05, 0) is 24.6 Å². The van der Waals surface area contributed by atoms with Crippen molar-refractivity contribution < 1.29 is 22.7 Å². The van der Waals surface area contributed by atoms with Crippen LogP contribution in [0.3, 0.4) is 0 Å². The van der Waals surface area contributed by atoms with Gasteiger partial charge in [-0.3, -0.25) is 9.59 Å². The summed E-state index contributed by atoms with van der Waals surface area (Å²) in [5, 5.41) is 0. The lowest BCUT2D eigenvalue weighted by atomic mass is 10.0. The number of hydrogen-bond donors (Lipinski definition) is 1. The average Bonchev–Trinajstić information content (AvgIpc) is 2.77. The molecule has 0 aliphatic heterocycles. The van der Waals surface area contributed by atoms with Crippen molar-refractivity contribution >= 4 is 21.8 Å². The second kappa shape index (κ2) is 9.47. The molecule has 0 spiro atoms. The van der Waals surface area contributed by atoms with Gasteiger partial charge in [0.15, 0.2) is 5.78 Å². The number of nitrogens with one attached hydrogen (secondary N) is 1. The Hall–Kier alpha value is -3.29. The number of ether oxygens (including phenoxy) is 1. The van der Waals surface area contributed by atoms with E-state index in [1.807, 2.05) is 13.0 Å². The minimum atomic E-state index is -3.78. The van der Waals surface area contributed by atoms with Gasteiger partial charge in [-0.25, -0.2) is 8.42 Å². The third kappa shape index (κ3) is 5.62. The Morgan fingerprint density at radius 1 is 0.833 bits per heavy atom. The first-order valence-electron chi connectivity index (χ1n) is 9.26. The molecule has 0 unspecified atom stereocenters. The number of ketones is 1. The van der Waals surface area contributed by atoms with Crippen molar-refractivity contribution in [1.82, 2.24) is 4.72 Å². The van der Waals surface area contributed by atoms with Gasteiger partial charge in [-0.1, -0.05) is 72.3 Å². The highest BCUT2D eigenvalue weighted by Crippen LogP contribution is 2.12. The standard InChI is InChI=1S/C23H21NO5S/c1-17-7-13-21(14-8-17)30(27,28)24-15-22(25)29-16-18-9-11-20(12-10-18)23(26)19-5-3-2-4-6-19/h2-14,24H,15-16H2,1H3. The van der Waals surface area contributed by atoms with E-state index >= 15 is 0 Å². The molecular formula is C23H21NO5S. The van der Waals surface area contributed by atoms with Gasteiger partial charge in [0.25, 0.3) is 0 Å². The van der Waals surface area contributed by atoms with Crippen LogP contribution in [0.25, 0.3) is 0 Å². The molecule has 0 aliphatic rings. The van der Waals surface area contributed by atoms with Crippen LogP contribution in [0.5, 0.6) is 0 Å². The zero-order valence-electron chi connectivity index (χ0n) is 16.4. The predicted octanol–water partition coefficient (Wildman–Crippen LogP) is 3.25. The van der Waals surface area contributed by atoms with E-state index < -0.39 is 22.5 Å². The van der Waals surface area contributed by atoms with Crippen LogP contribution in [0.2, 0.25) is 0 Å². The Morgan fingerprint density at radius 3 is 2.07 bits per heavy atom. The predicted molar refractivity (Wildman–Crippen MR) is 112 cm³/mol. The Balaban J connectivity index is 1.51. The Morgan fingerprint density at radius 2 is 1.43 bits per heavy atom. The number of hydrogen-bond acceptors (Lipinski definition) is 5. The molecule has 154 valence electrons. The second-order valence-electron chi connectivity index (χ2n) is 6.69. The van der Waals surface area contributed by atoms with Crippen molar-refractivity contribution in [1.29, 1.82) is 0 Å². The first-order valence-corrected chi connectivity index (χ1v) is 10.7. The lowest BCUT2D eigenvalue weighted by molar-refractivity contribution is -0.143. The molecular weight excluding hydrogens is 402 g/mol. The van der Waals surface area contributed by atoms with E-state index in [-0.39, 0.29) is 17.3 Å². The van der Waals surface area contributed by atoms with Crippen LogP contribution in [0.15, 0.2) is 83.8 Å². The number of esters is 1. The molecule has 0 saturated carbocycles. The maximum atomic E-state index is 12.4. The van der Waals surface area contributed by atoms with Gasteiger partial charge in [0.1, 0.15) is 13.2 Å². The number of carbonyl (C=O) groups excluding carboxylic acids is 2. The van der Waals surface area contributed by atoms with Crippen molar-refractivity contribution in [2.45, 2.75) is 18.4 Å². The number of carbonyl (C=O) groups is 2. The van der Waals surface area contributed by atoms with E-state index in [9.17, 15) is 18.0 Å². The summed E-state index contributed by atoms with van der Waals surface area (Å²) >= 11 is 0. The van der Waals surface area contributed by atoms with E-state index in [0.717, 1.165) is 5.56 Å². The van der Waals surface area contributed by atoms with Crippen LogP contribution in [-0.4, -0.2) is 26.7 Å². The third-order valence-corrected chi connectivity index (χ3v) is 5.81. The minimum absolute atomic E-state index is 0.0229. The van der Waals surface area contributed by atoms with Gasteiger partial charge in [-0.2, -0.15) is 4.72 Å². The van der Waals surface area contributed by atoms with Crippen LogP contribution in [0.4, 0.5) is 0 Å². The molecule has 3 rings (SSSR count). The fraction of sp³-hybridized carbons (Fsp3) is 0.130. The van der Waals surface area contributed by atoms with Crippen molar-refractivity contribution in [3.05, 3.63) is 101 Å². The van der Waals surface area contributed by atoms with Gasteiger partial charge >= 0.3 is 5.97 Å². The molecule has 30 heavy (non-hydrogen) atoms. The van der Waals surface area contributed by atoms with E-state index in [1.54, 1.807) is 60.7 Å². The maximum absolute atomic E-state index is 12.4. The summed E-state index contributed by atoms with van der Waals surface area (Å²) in [6.45, 7) is 1.36. The van der Waals surface area contributed by atoms with E-state index in [2.05, 4.69) is 4.72 Å². The zero-order chi connectivity index (χ0) is 21.6. The summed E-state index contributed by atoms with van der Waals surface area (Å²) in [6.07, 6.45) is 0. The summed E-state index contributed by atoms with van der Waals surface area (Å²) < 4.78 is 31.7. The molecule has 0 bridgehead atoms. The first-order chi connectivity index (χ1) is 14.3. The highest BCUT2D eigenvalue weighted by molar-refractivity contribution is 7.89. The molecule has 0 atom stereocenters. The molecule has 3 aromatic rings. The molecule has 0 radical (unpaired) electrons. The average molecular weight is 423 g/mol. The van der Waals surface area contributed by atoms with Crippen molar-refractivity contribution in [3.8, 4) is 0 Å². The minimum Gasteiger partial charge on any atom is -0.460 e. The highest BCUT2D eigenvalue weighted by atomic mass is 32.2. The number of aryl methyl sites for hydroxylation is 1. The summed E-state index contributed by atoms with van der Waals surface area (Å²) in [5.41, 5.74) is 2.75. The van der Waals surface area contributed by atoms with Gasteiger partial charge in [0.2, 0.25) is 10.0 Å². The monoisotopic (exact) mass is 423 g/mol. The first kappa shape index (κ1) is 21.4. The van der Waals surface area contributed by atoms with E-state index in [0.29, 0.717) is 16.7 Å². The van der Waals surface area contributed by atoms with E-state index in [4.69, 9.17) is 4.74 Å². The van der Waals surface area contributed by atoms with Gasteiger partial charge in [0.05, 0.1) is 4.90 Å². The molecule has 0 amide bonds. The summed E-state index contributed by atoms with van der Waals surface area (Å²) in [4.78, 5) is 24.4. The molecule has 0 aliphatic carbocycles. The number of benzene rings is 3. The molecule has 0 heterocycles. The number of rotatable bonds is 8. The Kier molecular flexibility index (Phi) is 6.76. The van der Waals surface area contributed by atoms with Crippen LogP contribution >= 0.6 is 0 Å². The maximum Gasteiger partial charge on any atom is 0.321 e. The molecule has 0 fully saturated rings. The molecule has 3 aromatic carbocycles. The highest BCUT2D eigenvalue weighted by Gasteiger charge is 2.16. The van der Waals surface area contributed by atoms with E-state index in [1.165, 1.54) is 12.1 Å². The lowest BCUT2D eigenvalue weighted by Gasteiger charge is -2.08. The van der Waals surface area contributed by atoms with Gasteiger partial charge < -0.3 is 4.74 Å². The normalized spacial score (nSPS) is 11.1. The van der Waals surface area contributed by atoms with Crippen LogP contribution in [0.1, 0.15) is 27.0 Å². The summed E-state index contributed by atoms with van der Waals surface area (Å²) in [5.74, 6) is -0.792. The zero-order valence-corrected chi connectivity index (χ0v) is 17.2. The fourth-order valence-electron chi connectivity index (χ4n) is 2.68. The van der Waals surface area contributed by atoms with Crippen LogP contribution in [0, 0.1) is 6.92 Å². The second-order valence-corrected chi connectivity index (χ2v) is 8.46. The molecule has 7 heteroatoms. The Bertz CT molecular complexity index is 1120. The van der Waals surface area contributed by atoms with Crippen molar-refractivity contribution in [3.63, 3.8) is 0 Å². The number of sulfonamides is 1. The van der Waals surface area contributed by atoms with Crippen LogP contribution in [-0.2, 0) is 26.2 Å². The third-order valence-electron chi connectivity index (χ3n) is 4.39. The largest absolute Gasteiger partial charge is 0.460 e. The summed E-state index contributed by atoms with van der Waals surface area (Å²) in [6, 6.07) is 22.0. The molecule has 0 saturated heterocycles. The quantitative estimate of drug-likeness (QED) is 0.444. The lowest BCUT2D eigenvalue weighted by Crippen LogP contribution is -2.30. The molecule has 6 nitrogen and oxygen atoms in total. The van der Waals surface area contributed by atoms with Gasteiger partial charge in [0, 0.05) is 11.1 Å². The Labute approximate surface area is 175 Å². The summed E-state index contributed by atoms with van der Waals surface area (Å²) in [7, 11) is -3.78. The SMILES string of the molecule is Cc1ccc(S(=O)(=O)NCC(=O)OCc2ccc(C(=O)c3ccccc3)cc2)cc1. The smallest absolute Gasteiger partial charge is 0.321 e. The van der Waals surface area contributed by atoms with Crippen molar-refractivity contribution in [2.75, 3.05) is 6.54 Å².